The minimum atomic E-state index is -0.522. The molecule has 0 fully saturated rings. The van der Waals surface area contributed by atoms with Crippen molar-refractivity contribution < 1.29 is 9.59 Å². The molecule has 162 valence electrons. The van der Waals surface area contributed by atoms with Crippen LogP contribution >= 0.6 is 23.4 Å². The number of rotatable bonds is 11. The first-order valence-electron chi connectivity index (χ1n) is 10.4. The van der Waals surface area contributed by atoms with Crippen LogP contribution in [0.2, 0.25) is 5.02 Å². The van der Waals surface area contributed by atoms with E-state index in [1.54, 1.807) is 23.6 Å². The molecule has 1 atom stereocenters. The molecule has 2 aromatic carbocycles. The van der Waals surface area contributed by atoms with Gasteiger partial charge in [0.15, 0.2) is 0 Å². The SMILES string of the molecule is CCCCNC(=O)[C@H](C)N(Cc1cccc(C)c1)C(=O)CSCc1ccc(Cl)cc1. The van der Waals surface area contributed by atoms with Gasteiger partial charge in [0.25, 0.3) is 0 Å². The summed E-state index contributed by atoms with van der Waals surface area (Å²) in [7, 11) is 0. The van der Waals surface area contributed by atoms with E-state index in [1.807, 2.05) is 49.4 Å². The Kier molecular flexibility index (Phi) is 10.2. The molecule has 2 aromatic rings. The molecule has 2 rings (SSSR count). The van der Waals surface area contributed by atoms with Gasteiger partial charge in [-0.2, -0.15) is 0 Å². The number of thioether (sulfide) groups is 1. The average Bonchev–Trinajstić information content (AvgIpc) is 2.73. The average molecular weight is 447 g/mol. The van der Waals surface area contributed by atoms with Crippen LogP contribution in [0, 0.1) is 6.92 Å². The van der Waals surface area contributed by atoms with E-state index >= 15 is 0 Å². The number of carbonyl (C=O) groups is 2. The van der Waals surface area contributed by atoms with Crippen LogP contribution in [-0.4, -0.2) is 35.1 Å². The maximum atomic E-state index is 13.1. The molecule has 6 heteroatoms. The van der Waals surface area contributed by atoms with Gasteiger partial charge >= 0.3 is 0 Å². The Morgan fingerprint density at radius 2 is 1.87 bits per heavy atom. The van der Waals surface area contributed by atoms with E-state index in [9.17, 15) is 9.59 Å². The van der Waals surface area contributed by atoms with Crippen molar-refractivity contribution in [2.45, 2.75) is 52.0 Å². The summed E-state index contributed by atoms with van der Waals surface area (Å²) in [5, 5.41) is 3.65. The number of carbonyl (C=O) groups excluding carboxylic acids is 2. The number of nitrogens with zero attached hydrogens (tertiary/aromatic N) is 1. The van der Waals surface area contributed by atoms with Crippen LogP contribution in [-0.2, 0) is 21.9 Å². The monoisotopic (exact) mass is 446 g/mol. The molecule has 0 aliphatic rings. The Morgan fingerprint density at radius 3 is 2.53 bits per heavy atom. The fourth-order valence-corrected chi connectivity index (χ4v) is 4.04. The molecule has 1 N–H and O–H groups in total. The van der Waals surface area contributed by atoms with Crippen molar-refractivity contribution in [2.75, 3.05) is 12.3 Å². The molecule has 4 nitrogen and oxygen atoms in total. The number of nitrogens with one attached hydrogen (secondary N) is 1. The molecule has 0 unspecified atom stereocenters. The lowest BCUT2D eigenvalue weighted by Gasteiger charge is -2.29. The van der Waals surface area contributed by atoms with Crippen molar-refractivity contribution >= 4 is 35.2 Å². The van der Waals surface area contributed by atoms with Crippen molar-refractivity contribution in [1.82, 2.24) is 10.2 Å². The standard InChI is InChI=1S/C24H31ClN2O2S/c1-4-5-13-26-24(29)19(3)27(15-21-8-6-7-18(2)14-21)23(28)17-30-16-20-9-11-22(25)12-10-20/h6-12,14,19H,4-5,13,15-17H2,1-3H3,(H,26,29)/t19-/m0/s1. The molecule has 0 spiro atoms. The zero-order chi connectivity index (χ0) is 21.9. The Hall–Kier alpha value is -1.98. The first-order chi connectivity index (χ1) is 14.4. The first-order valence-corrected chi connectivity index (χ1v) is 11.9. The van der Waals surface area contributed by atoms with Gasteiger partial charge in [-0.1, -0.05) is 66.9 Å². The van der Waals surface area contributed by atoms with Crippen LogP contribution in [0.4, 0.5) is 0 Å². The number of benzene rings is 2. The van der Waals surface area contributed by atoms with Gasteiger partial charge in [0, 0.05) is 23.9 Å². The number of hydrogen-bond acceptors (Lipinski definition) is 3. The van der Waals surface area contributed by atoms with E-state index in [4.69, 9.17) is 11.6 Å². The van der Waals surface area contributed by atoms with Crippen LogP contribution in [0.25, 0.3) is 0 Å². The van der Waals surface area contributed by atoms with Gasteiger partial charge in [-0.05, 0) is 43.5 Å². The van der Waals surface area contributed by atoms with E-state index < -0.39 is 6.04 Å². The molecule has 0 aliphatic carbocycles. The van der Waals surface area contributed by atoms with E-state index in [-0.39, 0.29) is 11.8 Å². The smallest absolute Gasteiger partial charge is 0.242 e. The summed E-state index contributed by atoms with van der Waals surface area (Å²) in [4.78, 5) is 27.4. The topological polar surface area (TPSA) is 49.4 Å². The van der Waals surface area contributed by atoms with E-state index in [0.29, 0.717) is 23.9 Å². The van der Waals surface area contributed by atoms with Gasteiger partial charge in [0.2, 0.25) is 11.8 Å². The number of unbranched alkanes of at least 4 members (excludes halogenated alkanes) is 1. The highest BCUT2D eigenvalue weighted by Gasteiger charge is 2.25. The normalized spacial score (nSPS) is 11.7. The fraction of sp³-hybridized carbons (Fsp3) is 0.417. The molecule has 0 bridgehead atoms. The van der Waals surface area contributed by atoms with Gasteiger partial charge < -0.3 is 10.2 Å². The predicted molar refractivity (Wildman–Crippen MR) is 127 cm³/mol. The van der Waals surface area contributed by atoms with Crippen molar-refractivity contribution in [3.63, 3.8) is 0 Å². The highest BCUT2D eigenvalue weighted by molar-refractivity contribution is 7.99. The first kappa shape index (κ1) is 24.3. The molecular weight excluding hydrogens is 416 g/mol. The number of halogens is 1. The maximum Gasteiger partial charge on any atom is 0.242 e. The largest absolute Gasteiger partial charge is 0.354 e. The number of hydrogen-bond donors (Lipinski definition) is 1. The second-order valence-electron chi connectivity index (χ2n) is 7.45. The predicted octanol–water partition coefficient (Wildman–Crippen LogP) is 5.22. The molecular formula is C24H31ClN2O2S. The van der Waals surface area contributed by atoms with Crippen LogP contribution in [0.1, 0.15) is 43.4 Å². The molecule has 2 amide bonds. The Labute approximate surface area is 189 Å². The van der Waals surface area contributed by atoms with E-state index in [2.05, 4.69) is 18.3 Å². The lowest BCUT2D eigenvalue weighted by Crippen LogP contribution is -2.48. The van der Waals surface area contributed by atoms with Gasteiger partial charge in [-0.3, -0.25) is 9.59 Å². The summed E-state index contributed by atoms with van der Waals surface area (Å²) in [5.41, 5.74) is 3.28. The van der Waals surface area contributed by atoms with Crippen LogP contribution in [0.15, 0.2) is 48.5 Å². The number of amides is 2. The van der Waals surface area contributed by atoms with Crippen LogP contribution < -0.4 is 5.32 Å². The second kappa shape index (κ2) is 12.7. The lowest BCUT2D eigenvalue weighted by molar-refractivity contribution is -0.138. The minimum Gasteiger partial charge on any atom is -0.354 e. The summed E-state index contributed by atoms with van der Waals surface area (Å²) in [6.07, 6.45) is 1.95. The minimum absolute atomic E-state index is 0.0337. The van der Waals surface area contributed by atoms with Crippen LogP contribution in [0.5, 0.6) is 0 Å². The van der Waals surface area contributed by atoms with Gasteiger partial charge in [-0.25, -0.2) is 0 Å². The molecule has 0 radical (unpaired) electrons. The Bertz CT molecular complexity index is 826. The van der Waals surface area contributed by atoms with Crippen molar-refractivity contribution in [3.05, 3.63) is 70.2 Å². The lowest BCUT2D eigenvalue weighted by atomic mass is 10.1. The van der Waals surface area contributed by atoms with Crippen LogP contribution in [0.3, 0.4) is 0 Å². The third-order valence-electron chi connectivity index (χ3n) is 4.84. The second-order valence-corrected chi connectivity index (χ2v) is 8.87. The maximum absolute atomic E-state index is 13.1. The quantitative estimate of drug-likeness (QED) is 0.481. The van der Waals surface area contributed by atoms with Crippen molar-refractivity contribution in [2.24, 2.45) is 0 Å². The molecule has 0 heterocycles. The van der Waals surface area contributed by atoms with Gasteiger partial charge in [-0.15, -0.1) is 11.8 Å². The fourth-order valence-electron chi connectivity index (χ4n) is 3.05. The molecule has 30 heavy (non-hydrogen) atoms. The highest BCUT2D eigenvalue weighted by Crippen LogP contribution is 2.18. The summed E-state index contributed by atoms with van der Waals surface area (Å²) in [6.45, 7) is 6.97. The van der Waals surface area contributed by atoms with Crippen molar-refractivity contribution in [3.8, 4) is 0 Å². The van der Waals surface area contributed by atoms with Gasteiger partial charge in [0.05, 0.1) is 5.75 Å². The Morgan fingerprint density at radius 1 is 1.13 bits per heavy atom. The zero-order valence-corrected chi connectivity index (χ0v) is 19.6. The molecule has 0 saturated carbocycles. The molecule has 0 saturated heterocycles. The Balaban J connectivity index is 2.03. The third kappa shape index (κ3) is 8.04. The number of aryl methyl sites for hydroxylation is 1. The summed E-state index contributed by atoms with van der Waals surface area (Å²) in [5.74, 6) is 0.903. The summed E-state index contributed by atoms with van der Waals surface area (Å²) >= 11 is 7.48. The third-order valence-corrected chi connectivity index (χ3v) is 6.08. The van der Waals surface area contributed by atoms with E-state index in [0.717, 1.165) is 35.3 Å². The summed E-state index contributed by atoms with van der Waals surface area (Å²) in [6, 6.07) is 15.2. The highest BCUT2D eigenvalue weighted by atomic mass is 35.5. The zero-order valence-electron chi connectivity index (χ0n) is 18.0. The van der Waals surface area contributed by atoms with E-state index in [1.165, 1.54) is 0 Å². The van der Waals surface area contributed by atoms with Crippen molar-refractivity contribution in [1.29, 1.82) is 0 Å². The van der Waals surface area contributed by atoms with Gasteiger partial charge in [0.1, 0.15) is 6.04 Å². The molecule has 0 aromatic heterocycles. The molecule has 0 aliphatic heterocycles. The summed E-state index contributed by atoms with van der Waals surface area (Å²) < 4.78 is 0.